The fourth-order valence-corrected chi connectivity index (χ4v) is 6.66. The van der Waals surface area contributed by atoms with Crippen molar-refractivity contribution in [2.45, 2.75) is 47.1 Å². The minimum Gasteiger partial charge on any atom is -0.478 e. The Morgan fingerprint density at radius 2 is 1.75 bits per heavy atom. The van der Waals surface area contributed by atoms with E-state index in [0.29, 0.717) is 0 Å². The van der Waals surface area contributed by atoms with Gasteiger partial charge in [-0.25, -0.2) is 24.1 Å². The average molecular weight is 847 g/mol. The lowest BCUT2D eigenvalue weighted by molar-refractivity contribution is -0.257. The van der Waals surface area contributed by atoms with Crippen molar-refractivity contribution in [2.75, 3.05) is 51.3 Å². The summed E-state index contributed by atoms with van der Waals surface area (Å²) in [6.07, 6.45) is -3.31. The van der Waals surface area contributed by atoms with Crippen molar-refractivity contribution >= 4 is 76.6 Å². The Morgan fingerprint density at radius 1 is 1.07 bits per heavy atom. The summed E-state index contributed by atoms with van der Waals surface area (Å²) in [5.41, 5.74) is -5.78. The number of amides is 3. The van der Waals surface area contributed by atoms with E-state index < -0.39 is 107 Å². The van der Waals surface area contributed by atoms with Gasteiger partial charge in [0.25, 0.3) is 28.9 Å². The van der Waals surface area contributed by atoms with Crippen LogP contribution >= 0.6 is 35.3 Å². The predicted octanol–water partition coefficient (Wildman–Crippen LogP) is -0.887. The van der Waals surface area contributed by atoms with E-state index in [0.717, 1.165) is 30.9 Å². The number of aromatic nitrogens is 4. The normalized spacial score (nSPS) is 22.1. The van der Waals surface area contributed by atoms with Crippen molar-refractivity contribution in [1.29, 1.82) is 0 Å². The molecule has 3 aliphatic heterocycles. The number of alkyl halides is 4. The van der Waals surface area contributed by atoms with Crippen LogP contribution in [0.25, 0.3) is 0 Å². The standard InChI is InChI=1S/C27H30F4N8O13S3/c1-11-6-51-19(26(48-2,22(46)47)33-13(40)9-53-23(28)29)32-15(11)18(44)50-5-4-38-25(35-36-37-38)55-8-12-7-52-21-27(49-3,34-14(41)10-54-24(30)31)20(45)39(21)16(12)17(42)43/h19,21,23-24H,1,4-10H2,2-3H3,(H,33,40)(H,34,41)(H,42,43)(H,46,47)/t19-,21-,26-,27+/m1/s1. The molecule has 4 rings (SSSR count). The van der Waals surface area contributed by atoms with Crippen LogP contribution in [0.15, 0.2) is 33.6 Å². The minimum atomic E-state index is -2.92. The van der Waals surface area contributed by atoms with Crippen LogP contribution in [0.4, 0.5) is 17.6 Å². The maximum absolute atomic E-state index is 13.2. The first-order valence-electron chi connectivity index (χ1n) is 15.1. The molecule has 0 radical (unpaired) electrons. The van der Waals surface area contributed by atoms with E-state index in [-0.39, 0.29) is 58.7 Å². The van der Waals surface area contributed by atoms with Gasteiger partial charge in [0, 0.05) is 25.5 Å². The molecule has 0 saturated carbocycles. The maximum Gasteiger partial charge on any atom is 0.362 e. The number of carbonyl (C=O) groups is 6. The quantitative estimate of drug-likeness (QED) is 0.0408. The molecule has 21 nitrogen and oxygen atoms in total. The van der Waals surface area contributed by atoms with E-state index >= 15 is 0 Å². The highest BCUT2D eigenvalue weighted by atomic mass is 32.2. The summed E-state index contributed by atoms with van der Waals surface area (Å²) in [5.74, 6) is -15.1. The van der Waals surface area contributed by atoms with Gasteiger partial charge in [-0.2, -0.15) is 17.6 Å². The van der Waals surface area contributed by atoms with E-state index in [9.17, 15) is 56.5 Å². The summed E-state index contributed by atoms with van der Waals surface area (Å²) in [6.45, 7) is 2.23. The smallest absolute Gasteiger partial charge is 0.362 e. The first-order valence-corrected chi connectivity index (χ1v) is 18.2. The van der Waals surface area contributed by atoms with E-state index in [1.165, 1.54) is 4.68 Å². The number of ether oxygens (including phenoxy) is 5. The number of hydrogen-bond acceptors (Lipinski definition) is 18. The van der Waals surface area contributed by atoms with Gasteiger partial charge in [0.15, 0.2) is 11.9 Å². The summed E-state index contributed by atoms with van der Waals surface area (Å²) in [5, 5.41) is 35.3. The summed E-state index contributed by atoms with van der Waals surface area (Å²) in [4.78, 5) is 79.7. The molecule has 1 saturated heterocycles. The van der Waals surface area contributed by atoms with Crippen molar-refractivity contribution in [3.8, 4) is 0 Å². The third kappa shape index (κ3) is 9.55. The summed E-state index contributed by atoms with van der Waals surface area (Å²) < 4.78 is 77.8. The number of methoxy groups -OCH3 is 2. The Morgan fingerprint density at radius 3 is 2.35 bits per heavy atom. The van der Waals surface area contributed by atoms with Crippen LogP contribution in [0.3, 0.4) is 0 Å². The molecule has 1 fully saturated rings. The Hall–Kier alpha value is -4.35. The molecule has 0 spiro atoms. The molecule has 0 aromatic carbocycles. The van der Waals surface area contributed by atoms with E-state index in [1.807, 2.05) is 5.32 Å². The highest BCUT2D eigenvalue weighted by molar-refractivity contribution is 8.00. The number of halogens is 4. The third-order valence-corrected chi connectivity index (χ3v) is 9.96. The highest BCUT2D eigenvalue weighted by Crippen LogP contribution is 2.41. The molecule has 4 N–H and O–H groups in total. The molecule has 1 aromatic heterocycles. The number of thioether (sulfide) groups is 3. The summed E-state index contributed by atoms with van der Waals surface area (Å²) in [6, 6.07) is 0. The van der Waals surface area contributed by atoms with Gasteiger partial charge in [-0.1, -0.05) is 41.9 Å². The van der Waals surface area contributed by atoms with Crippen LogP contribution in [0, 0.1) is 0 Å². The fraction of sp³-hybridized carbons (Fsp3) is 0.556. The van der Waals surface area contributed by atoms with E-state index in [1.54, 1.807) is 0 Å². The molecule has 3 amide bonds. The number of aliphatic imine (C=N–C) groups is 1. The molecule has 4 atom stereocenters. The van der Waals surface area contributed by atoms with Crippen LogP contribution in [0.2, 0.25) is 0 Å². The van der Waals surface area contributed by atoms with Crippen molar-refractivity contribution in [2.24, 2.45) is 4.99 Å². The van der Waals surface area contributed by atoms with Gasteiger partial charge in [0.05, 0.1) is 31.3 Å². The Kier molecular flexibility index (Phi) is 14.6. The van der Waals surface area contributed by atoms with E-state index in [2.05, 4.69) is 32.4 Å². The lowest BCUT2D eigenvalue weighted by Crippen LogP contribution is -2.82. The number of hydrogen-bond donors (Lipinski definition) is 4. The molecule has 0 bridgehead atoms. The van der Waals surface area contributed by atoms with Crippen molar-refractivity contribution < 1.29 is 80.2 Å². The first-order chi connectivity index (χ1) is 26.0. The fourth-order valence-electron chi connectivity index (χ4n) is 5.06. The Balaban J connectivity index is 1.40. The number of aliphatic carboxylic acids is 2. The topological polar surface area (TPSA) is 272 Å². The van der Waals surface area contributed by atoms with Crippen LogP contribution in [0.5, 0.6) is 0 Å². The third-order valence-electron chi connectivity index (χ3n) is 7.55. The number of carbonyl (C=O) groups excluding carboxylic acids is 4. The summed E-state index contributed by atoms with van der Waals surface area (Å²) in [7, 11) is 1.93. The highest BCUT2D eigenvalue weighted by Gasteiger charge is 2.67. The number of rotatable bonds is 20. The zero-order valence-corrected chi connectivity index (χ0v) is 30.7. The van der Waals surface area contributed by atoms with Gasteiger partial charge in [-0.05, 0) is 16.0 Å². The average Bonchev–Trinajstić information content (AvgIpc) is 3.59. The molecule has 0 aliphatic carbocycles. The van der Waals surface area contributed by atoms with Gasteiger partial charge >= 0.3 is 17.9 Å². The lowest BCUT2D eigenvalue weighted by Gasteiger charge is -2.55. The van der Waals surface area contributed by atoms with Crippen LogP contribution in [-0.2, 0) is 59.0 Å². The number of nitrogens with zero attached hydrogens (tertiary/aromatic N) is 6. The number of nitrogens with one attached hydrogen (secondary N) is 2. The zero-order valence-electron chi connectivity index (χ0n) is 28.3. The van der Waals surface area contributed by atoms with Gasteiger partial charge in [-0.15, -0.1) is 5.10 Å². The van der Waals surface area contributed by atoms with Crippen LogP contribution < -0.4 is 10.6 Å². The number of carboxylic acid groups (broad SMARTS) is 2. The maximum atomic E-state index is 13.2. The predicted molar refractivity (Wildman–Crippen MR) is 177 cm³/mol. The second-order valence-electron chi connectivity index (χ2n) is 10.9. The SMILES string of the molecule is C=C1CO[C@H]([C@@](NC(=O)CSC(F)F)(OC)C(=O)O)N=C1C(=O)OCCn1nnnc1SCC1=C(C(=O)O)N2C(=O)[C@](NC(=O)CSC(F)F)(OC)[C@H]2OC1. The second kappa shape index (κ2) is 18.5. The molecule has 28 heteroatoms. The zero-order chi connectivity index (χ0) is 40.7. The van der Waals surface area contributed by atoms with Gasteiger partial charge in [-0.3, -0.25) is 19.3 Å². The van der Waals surface area contributed by atoms with Gasteiger partial charge < -0.3 is 44.5 Å². The van der Waals surface area contributed by atoms with E-state index in [4.69, 9.17) is 23.7 Å². The Labute approximate surface area is 318 Å². The molecule has 0 unspecified atom stereocenters. The largest absolute Gasteiger partial charge is 0.478 e. The van der Waals surface area contributed by atoms with Crippen LogP contribution in [0.1, 0.15) is 0 Å². The molecule has 3 aliphatic rings. The lowest BCUT2D eigenvalue weighted by atomic mass is 9.94. The molecular weight excluding hydrogens is 817 g/mol. The molecule has 302 valence electrons. The van der Waals surface area contributed by atoms with Gasteiger partial charge in [0.2, 0.25) is 23.2 Å². The number of carboxylic acids is 2. The van der Waals surface area contributed by atoms with Crippen LogP contribution in [-0.4, -0.2) is 163 Å². The Bertz CT molecular complexity index is 1770. The molecule has 4 heterocycles. The minimum absolute atomic E-state index is 0.00689. The molecule has 1 aromatic rings. The molecular formula is C27H30F4N8O13S3. The summed E-state index contributed by atoms with van der Waals surface area (Å²) >= 11 is 0.846. The van der Waals surface area contributed by atoms with Gasteiger partial charge in [0.1, 0.15) is 12.3 Å². The number of β-lactam (4-membered cyclic amide) rings is 1. The molecule has 55 heavy (non-hydrogen) atoms. The number of esters is 1. The first kappa shape index (κ1) is 43.4. The second-order valence-corrected chi connectivity index (χ2v) is 13.8. The van der Waals surface area contributed by atoms with Crippen molar-refractivity contribution in [3.63, 3.8) is 0 Å². The number of fused-ring (bicyclic) bond motifs is 1. The van der Waals surface area contributed by atoms with Crippen molar-refractivity contribution in [3.05, 3.63) is 23.4 Å². The number of tetrazole rings is 1. The monoisotopic (exact) mass is 846 g/mol. The van der Waals surface area contributed by atoms with Crippen molar-refractivity contribution in [1.82, 2.24) is 35.7 Å².